The van der Waals surface area contributed by atoms with Crippen LogP contribution in [0.25, 0.3) is 0 Å². The van der Waals surface area contributed by atoms with E-state index in [0.717, 1.165) is 95.3 Å². The van der Waals surface area contributed by atoms with Crippen molar-refractivity contribution in [2.24, 2.45) is 0 Å². The van der Waals surface area contributed by atoms with Gasteiger partial charge in [-0.15, -0.1) is 0 Å². The lowest BCUT2D eigenvalue weighted by Crippen LogP contribution is -2.63. The first kappa shape index (κ1) is 45.7. The summed E-state index contributed by atoms with van der Waals surface area (Å²) >= 11 is 0. The number of piperidine rings is 2. The number of nitrogens with zero attached hydrogens (tertiary/aromatic N) is 7. The van der Waals surface area contributed by atoms with E-state index in [1.807, 2.05) is 0 Å². The maximum absolute atomic E-state index is 5.50. The third kappa shape index (κ3) is 13.5. The predicted octanol–water partition coefficient (Wildman–Crippen LogP) is 11.5. The van der Waals surface area contributed by atoms with Crippen LogP contribution in [0.1, 0.15) is 205 Å². The number of hydrogen-bond donors (Lipinski definition) is 1. The minimum atomic E-state index is 0.0842. The third-order valence-corrected chi connectivity index (χ3v) is 13.4. The molecule has 308 valence electrons. The molecule has 2 saturated heterocycles. The minimum Gasteiger partial charge on any atom is -0.354 e. The summed E-state index contributed by atoms with van der Waals surface area (Å²) in [5.74, 6) is 2.50. The number of rotatable bonds is 24. The fourth-order valence-electron chi connectivity index (χ4n) is 9.48. The highest BCUT2D eigenvalue weighted by molar-refractivity contribution is 5.47. The Balaban J connectivity index is 1.87. The second-order valence-corrected chi connectivity index (χ2v) is 19.7. The Labute approximate surface area is 329 Å². The van der Waals surface area contributed by atoms with E-state index >= 15 is 0 Å². The standard InChI is InChI=1S/C45H88N8/c1-14-17-20-21-22-23-24-25-26-27-28-29-30-46-39-47-40(52(31-18-15-2)37-33-42(4,5)50(12)43(6,7)34-37)49-41(48-39)53(32-19-16-3)38-35-44(8,9)51(13)45(10,11)36-38/h37-38H,14-36H2,1-13H3,(H,46,47,48,49). The zero-order valence-corrected chi connectivity index (χ0v) is 37.5. The number of unbranched alkanes of at least 4 members (excludes halogenated alkanes) is 13. The van der Waals surface area contributed by atoms with E-state index in [4.69, 9.17) is 15.0 Å². The van der Waals surface area contributed by atoms with Gasteiger partial charge in [0.15, 0.2) is 0 Å². The quantitative estimate of drug-likeness (QED) is 0.105. The van der Waals surface area contributed by atoms with Gasteiger partial charge in [0.25, 0.3) is 0 Å². The van der Waals surface area contributed by atoms with Gasteiger partial charge in [-0.25, -0.2) is 0 Å². The van der Waals surface area contributed by atoms with Crippen molar-refractivity contribution in [3.63, 3.8) is 0 Å². The van der Waals surface area contributed by atoms with E-state index in [-0.39, 0.29) is 22.2 Å². The average molecular weight is 741 g/mol. The highest BCUT2D eigenvalue weighted by Crippen LogP contribution is 2.42. The molecule has 8 nitrogen and oxygen atoms in total. The molecule has 0 unspecified atom stereocenters. The van der Waals surface area contributed by atoms with Crippen molar-refractivity contribution >= 4 is 17.8 Å². The summed E-state index contributed by atoms with van der Waals surface area (Å²) in [6.45, 7) is 29.1. The van der Waals surface area contributed by atoms with Gasteiger partial charge in [0.05, 0.1) is 0 Å². The molecule has 8 heteroatoms. The SMILES string of the molecule is CCCCCCCCCCCCCCNc1nc(N(CCCC)C2CC(C)(C)N(C)C(C)(C)C2)nc(N(CCCC)C2CC(C)(C)N(C)C(C)(C)C2)n1. The predicted molar refractivity (Wildman–Crippen MR) is 232 cm³/mol. The molecule has 1 aromatic rings. The number of likely N-dealkylation sites (tertiary alicyclic amines) is 2. The summed E-state index contributed by atoms with van der Waals surface area (Å²) in [6.07, 6.45) is 25.3. The van der Waals surface area contributed by atoms with Gasteiger partial charge >= 0.3 is 0 Å². The van der Waals surface area contributed by atoms with Crippen LogP contribution < -0.4 is 15.1 Å². The van der Waals surface area contributed by atoms with Crippen LogP contribution in [0, 0.1) is 0 Å². The molecule has 1 N–H and O–H groups in total. The molecule has 2 aliphatic rings. The summed E-state index contributed by atoms with van der Waals surface area (Å²) < 4.78 is 0. The van der Waals surface area contributed by atoms with Crippen molar-refractivity contribution in [3.8, 4) is 0 Å². The molecule has 0 aromatic carbocycles. The number of nitrogens with one attached hydrogen (secondary N) is 1. The Morgan fingerprint density at radius 3 is 1.15 bits per heavy atom. The smallest absolute Gasteiger partial charge is 0.232 e. The second-order valence-electron chi connectivity index (χ2n) is 19.7. The van der Waals surface area contributed by atoms with Crippen molar-refractivity contribution in [1.29, 1.82) is 0 Å². The zero-order chi connectivity index (χ0) is 39.3. The lowest BCUT2D eigenvalue weighted by Gasteiger charge is -2.56. The van der Waals surface area contributed by atoms with Crippen molar-refractivity contribution in [1.82, 2.24) is 24.8 Å². The van der Waals surface area contributed by atoms with Gasteiger partial charge in [0.1, 0.15) is 0 Å². The number of anilines is 3. The molecule has 0 spiro atoms. The van der Waals surface area contributed by atoms with Crippen LogP contribution in [0.15, 0.2) is 0 Å². The van der Waals surface area contributed by atoms with E-state index in [0.29, 0.717) is 12.1 Å². The average Bonchev–Trinajstić information content (AvgIpc) is 3.08. The first-order valence-electron chi connectivity index (χ1n) is 22.5. The first-order chi connectivity index (χ1) is 25.0. The van der Waals surface area contributed by atoms with Gasteiger partial charge in [-0.2, -0.15) is 15.0 Å². The maximum atomic E-state index is 5.50. The fraction of sp³-hybridized carbons (Fsp3) is 0.933. The molecular formula is C45H88N8. The van der Waals surface area contributed by atoms with Crippen molar-refractivity contribution in [2.75, 3.05) is 48.8 Å². The molecule has 0 amide bonds. The Bertz CT molecular complexity index is 1070. The molecule has 2 fully saturated rings. The summed E-state index contributed by atoms with van der Waals surface area (Å²) in [4.78, 5) is 26.4. The molecule has 0 radical (unpaired) electrons. The normalized spacial score (nSPS) is 20.5. The first-order valence-corrected chi connectivity index (χ1v) is 22.5. The third-order valence-electron chi connectivity index (χ3n) is 13.4. The van der Waals surface area contributed by atoms with Gasteiger partial charge in [0, 0.05) is 53.9 Å². The van der Waals surface area contributed by atoms with Crippen molar-refractivity contribution in [2.45, 2.75) is 239 Å². The molecule has 0 atom stereocenters. The minimum absolute atomic E-state index is 0.0842. The second kappa shape index (κ2) is 21.0. The van der Waals surface area contributed by atoms with Crippen LogP contribution in [-0.4, -0.2) is 92.7 Å². The van der Waals surface area contributed by atoms with Crippen LogP contribution in [0.2, 0.25) is 0 Å². The van der Waals surface area contributed by atoms with E-state index in [9.17, 15) is 0 Å². The Morgan fingerprint density at radius 2 is 0.811 bits per heavy atom. The van der Waals surface area contributed by atoms with Gasteiger partial charge in [-0.1, -0.05) is 104 Å². The maximum Gasteiger partial charge on any atom is 0.232 e. The summed E-state index contributed by atoms with van der Waals surface area (Å²) in [7, 11) is 4.61. The molecular weight excluding hydrogens is 653 g/mol. The fourth-order valence-corrected chi connectivity index (χ4v) is 9.48. The van der Waals surface area contributed by atoms with Gasteiger partial charge in [0.2, 0.25) is 17.8 Å². The van der Waals surface area contributed by atoms with E-state index < -0.39 is 0 Å². The van der Waals surface area contributed by atoms with Crippen LogP contribution >= 0.6 is 0 Å². The molecule has 0 aliphatic carbocycles. The van der Waals surface area contributed by atoms with Gasteiger partial charge in [-0.3, -0.25) is 9.80 Å². The Morgan fingerprint density at radius 1 is 0.491 bits per heavy atom. The van der Waals surface area contributed by atoms with Gasteiger partial charge in [-0.05, 0) is 114 Å². The van der Waals surface area contributed by atoms with Crippen molar-refractivity contribution in [3.05, 3.63) is 0 Å². The summed E-state index contributed by atoms with van der Waals surface area (Å²) in [5.41, 5.74) is 0.337. The largest absolute Gasteiger partial charge is 0.354 e. The number of aromatic nitrogens is 3. The van der Waals surface area contributed by atoms with Crippen LogP contribution in [0.3, 0.4) is 0 Å². The summed E-state index contributed by atoms with van der Waals surface area (Å²) in [5, 5.41) is 3.74. The molecule has 0 saturated carbocycles. The highest BCUT2D eigenvalue weighted by atomic mass is 15.4. The number of hydrogen-bond acceptors (Lipinski definition) is 8. The highest BCUT2D eigenvalue weighted by Gasteiger charge is 2.47. The Kier molecular flexibility index (Phi) is 18.1. The monoisotopic (exact) mass is 741 g/mol. The van der Waals surface area contributed by atoms with Gasteiger partial charge < -0.3 is 15.1 Å². The van der Waals surface area contributed by atoms with E-state index in [1.54, 1.807) is 0 Å². The van der Waals surface area contributed by atoms with E-state index in [1.165, 1.54) is 70.6 Å². The van der Waals surface area contributed by atoms with Crippen LogP contribution in [-0.2, 0) is 0 Å². The molecule has 0 bridgehead atoms. The topological polar surface area (TPSA) is 63.7 Å². The molecule has 53 heavy (non-hydrogen) atoms. The summed E-state index contributed by atoms with van der Waals surface area (Å²) in [6, 6.07) is 0.736. The zero-order valence-electron chi connectivity index (χ0n) is 37.5. The lowest BCUT2D eigenvalue weighted by molar-refractivity contribution is -0.0130. The molecule has 3 rings (SSSR count). The lowest BCUT2D eigenvalue weighted by atomic mass is 9.77. The van der Waals surface area contributed by atoms with Crippen molar-refractivity contribution < 1.29 is 0 Å². The van der Waals surface area contributed by atoms with E-state index in [2.05, 4.69) is 115 Å². The molecule has 1 aromatic heterocycles. The van der Waals surface area contributed by atoms with Crippen LogP contribution in [0.5, 0.6) is 0 Å². The molecule has 3 heterocycles. The molecule has 2 aliphatic heterocycles. The Hall–Kier alpha value is -1.67. The van der Waals surface area contributed by atoms with Crippen LogP contribution in [0.4, 0.5) is 17.8 Å².